The minimum absolute atomic E-state index is 0.486. The van der Waals surface area contributed by atoms with E-state index >= 15 is 0 Å². The number of aromatic nitrogens is 6. The molecule has 0 fully saturated rings. The third-order valence-electron chi connectivity index (χ3n) is 13.2. The van der Waals surface area contributed by atoms with Gasteiger partial charge in [-0.25, -0.2) is 4.98 Å². The average Bonchev–Trinajstić information content (AvgIpc) is 4.09. The maximum absolute atomic E-state index is 6.89. The second-order valence-corrected chi connectivity index (χ2v) is 17.0. The van der Waals surface area contributed by atoms with Crippen molar-refractivity contribution in [2.45, 2.75) is 0 Å². The van der Waals surface area contributed by atoms with Crippen molar-refractivity contribution in [3.8, 4) is 57.0 Å². The van der Waals surface area contributed by atoms with Crippen molar-refractivity contribution in [1.82, 2.24) is 29.1 Å². The summed E-state index contributed by atoms with van der Waals surface area (Å²) in [6.07, 6.45) is 0. The summed E-state index contributed by atoms with van der Waals surface area (Å²) in [4.78, 5) is 21.4. The zero-order valence-corrected chi connectivity index (χ0v) is 35.9. The number of nitrogens with zero attached hydrogens (tertiary/aromatic N) is 6. The van der Waals surface area contributed by atoms with Crippen LogP contribution >= 0.6 is 0 Å². The van der Waals surface area contributed by atoms with Gasteiger partial charge >= 0.3 is 6.01 Å². The van der Waals surface area contributed by atoms with Crippen LogP contribution in [0.3, 0.4) is 0 Å². The molecule has 7 nitrogen and oxygen atoms in total. The van der Waals surface area contributed by atoms with Gasteiger partial charge in [0.2, 0.25) is 5.95 Å². The standard InChI is InChI=1S/C60H36N6O/c1-3-13-37(14-4-1)39-23-29-43(30-24-39)57-62-58(44-31-25-40(26-32-44)38-15-5-2-6-16-38)64-59(63-57)65-50-21-11-9-19-46(50)48-34-35-49-47-20-10-12-22-51(47)66(56(49)55(48)65)60-61-54-52(67-60)36-33-42-28-27-41-17-7-8-18-45(41)53(42)54/h1-36H. The fraction of sp³-hybridized carbons (Fsp3) is 0. The molecule has 0 radical (unpaired) electrons. The summed E-state index contributed by atoms with van der Waals surface area (Å²) < 4.78 is 11.3. The van der Waals surface area contributed by atoms with Gasteiger partial charge in [0.15, 0.2) is 17.2 Å². The molecule has 312 valence electrons. The molecule has 0 atom stereocenters. The lowest BCUT2D eigenvalue weighted by Crippen LogP contribution is -2.07. The molecule has 67 heavy (non-hydrogen) atoms. The number of rotatable bonds is 6. The van der Waals surface area contributed by atoms with Gasteiger partial charge in [-0.3, -0.25) is 9.13 Å². The largest absolute Gasteiger partial charge is 0.423 e. The predicted molar refractivity (Wildman–Crippen MR) is 273 cm³/mol. The Morgan fingerprint density at radius 1 is 0.313 bits per heavy atom. The first-order valence-corrected chi connectivity index (χ1v) is 22.5. The lowest BCUT2D eigenvalue weighted by molar-refractivity contribution is 0.574. The van der Waals surface area contributed by atoms with Gasteiger partial charge in [0.05, 0.1) is 22.1 Å². The van der Waals surface area contributed by atoms with E-state index in [4.69, 9.17) is 24.4 Å². The highest BCUT2D eigenvalue weighted by molar-refractivity contribution is 6.24. The smallest absolute Gasteiger partial charge is 0.307 e. The van der Waals surface area contributed by atoms with Crippen LogP contribution in [0.1, 0.15) is 0 Å². The quantitative estimate of drug-likeness (QED) is 0.156. The van der Waals surface area contributed by atoms with Crippen LogP contribution in [-0.2, 0) is 0 Å². The van der Waals surface area contributed by atoms with Crippen LogP contribution in [0, 0.1) is 0 Å². The molecule has 0 N–H and O–H groups in total. The molecule has 0 aliphatic carbocycles. The van der Waals surface area contributed by atoms with Crippen LogP contribution in [0.25, 0.3) is 133 Å². The number of para-hydroxylation sites is 2. The average molecular weight is 857 g/mol. The third-order valence-corrected chi connectivity index (χ3v) is 13.2. The molecule has 7 heteroatoms. The van der Waals surface area contributed by atoms with E-state index < -0.39 is 0 Å². The molecule has 10 aromatic carbocycles. The third kappa shape index (κ3) is 5.85. The molecule has 0 spiro atoms. The normalized spacial score (nSPS) is 11.9. The summed E-state index contributed by atoms with van der Waals surface area (Å²) in [7, 11) is 0. The molecule has 0 bridgehead atoms. The Hall–Kier alpha value is -9.20. The molecule has 0 unspecified atom stereocenters. The maximum Gasteiger partial charge on any atom is 0.307 e. The first-order chi connectivity index (χ1) is 33.2. The van der Waals surface area contributed by atoms with Crippen molar-refractivity contribution in [1.29, 1.82) is 0 Å². The van der Waals surface area contributed by atoms with Crippen LogP contribution in [0.2, 0.25) is 0 Å². The lowest BCUT2D eigenvalue weighted by atomic mass is 10.0. The highest BCUT2D eigenvalue weighted by Gasteiger charge is 2.25. The van der Waals surface area contributed by atoms with Gasteiger partial charge in [0, 0.05) is 38.1 Å². The van der Waals surface area contributed by atoms with Gasteiger partial charge < -0.3 is 4.42 Å². The SMILES string of the molecule is c1ccc(-c2ccc(-c3nc(-c4ccc(-c5ccccc5)cc4)nc(-n4c5ccccc5c5ccc6c7ccccc7n(-c7nc8c(ccc9ccc%10ccccc%10c98)o7)c6c54)n3)cc2)cc1. The van der Waals surface area contributed by atoms with Crippen molar-refractivity contribution in [3.05, 3.63) is 218 Å². The maximum atomic E-state index is 6.89. The molecule has 4 heterocycles. The van der Waals surface area contributed by atoms with Crippen LogP contribution in [-0.4, -0.2) is 29.1 Å². The minimum Gasteiger partial charge on any atom is -0.423 e. The fourth-order valence-corrected chi connectivity index (χ4v) is 10.1. The van der Waals surface area contributed by atoms with E-state index in [2.05, 4.69) is 209 Å². The molecule has 0 saturated heterocycles. The van der Waals surface area contributed by atoms with Crippen LogP contribution in [0.5, 0.6) is 0 Å². The monoisotopic (exact) mass is 856 g/mol. The van der Waals surface area contributed by atoms with Crippen molar-refractivity contribution in [3.63, 3.8) is 0 Å². The topological polar surface area (TPSA) is 74.6 Å². The Labute approximate surface area is 383 Å². The molecule has 0 aliphatic heterocycles. The Bertz CT molecular complexity index is 4140. The van der Waals surface area contributed by atoms with Gasteiger partial charge in [-0.1, -0.05) is 200 Å². The molecule has 0 saturated carbocycles. The Kier molecular flexibility index (Phi) is 8.15. The Morgan fingerprint density at radius 2 is 0.776 bits per heavy atom. The van der Waals surface area contributed by atoms with E-state index in [0.29, 0.717) is 23.6 Å². The van der Waals surface area contributed by atoms with Gasteiger partial charge in [-0.15, -0.1) is 0 Å². The van der Waals surface area contributed by atoms with Crippen LogP contribution in [0.4, 0.5) is 0 Å². The van der Waals surface area contributed by atoms with Crippen LogP contribution < -0.4 is 0 Å². The van der Waals surface area contributed by atoms with Crippen LogP contribution in [0.15, 0.2) is 223 Å². The van der Waals surface area contributed by atoms with Gasteiger partial charge in [-0.05, 0) is 56.6 Å². The predicted octanol–water partition coefficient (Wildman–Crippen LogP) is 15.2. The van der Waals surface area contributed by atoms with E-state index in [1.807, 2.05) is 18.2 Å². The number of benzene rings is 10. The Balaban J connectivity index is 1.05. The van der Waals surface area contributed by atoms with Gasteiger partial charge in [0.25, 0.3) is 0 Å². The second-order valence-electron chi connectivity index (χ2n) is 17.0. The molecular weight excluding hydrogens is 821 g/mol. The van der Waals surface area contributed by atoms with Crippen molar-refractivity contribution in [2.24, 2.45) is 0 Å². The van der Waals surface area contributed by atoms with Gasteiger partial charge in [-0.2, -0.15) is 15.0 Å². The molecule has 0 aliphatic rings. The van der Waals surface area contributed by atoms with Crippen molar-refractivity contribution >= 4 is 76.3 Å². The summed E-state index contributed by atoms with van der Waals surface area (Å²) in [6, 6.07) is 76.7. The zero-order chi connectivity index (χ0) is 44.0. The van der Waals surface area contributed by atoms with Gasteiger partial charge in [0.1, 0.15) is 5.52 Å². The van der Waals surface area contributed by atoms with Crippen molar-refractivity contribution in [2.75, 3.05) is 0 Å². The highest BCUT2D eigenvalue weighted by Crippen LogP contribution is 2.43. The molecular formula is C60H36N6O. The highest BCUT2D eigenvalue weighted by atomic mass is 16.4. The molecule has 0 amide bonds. The number of hydrogen-bond acceptors (Lipinski definition) is 5. The summed E-state index contributed by atoms with van der Waals surface area (Å²) in [5.41, 5.74) is 11.7. The number of oxazole rings is 1. The fourth-order valence-electron chi connectivity index (χ4n) is 10.1. The molecule has 4 aromatic heterocycles. The van der Waals surface area contributed by atoms with E-state index in [-0.39, 0.29) is 0 Å². The second kappa shape index (κ2) is 14.7. The summed E-state index contributed by atoms with van der Waals surface area (Å²) in [6.45, 7) is 0. The summed E-state index contributed by atoms with van der Waals surface area (Å²) >= 11 is 0. The Morgan fingerprint density at radius 3 is 1.39 bits per heavy atom. The van der Waals surface area contributed by atoms with E-state index in [1.54, 1.807) is 0 Å². The first kappa shape index (κ1) is 37.2. The molecule has 14 rings (SSSR count). The summed E-state index contributed by atoms with van der Waals surface area (Å²) in [5, 5.41) is 8.77. The van der Waals surface area contributed by atoms with E-state index in [0.717, 1.165) is 110 Å². The molecule has 14 aromatic rings. The van der Waals surface area contributed by atoms with E-state index in [1.165, 1.54) is 0 Å². The number of fused-ring (bicyclic) bond motifs is 12. The number of hydrogen-bond donors (Lipinski definition) is 0. The summed E-state index contributed by atoms with van der Waals surface area (Å²) in [5.74, 6) is 1.65. The van der Waals surface area contributed by atoms with E-state index in [9.17, 15) is 0 Å². The first-order valence-electron chi connectivity index (χ1n) is 22.5. The van der Waals surface area contributed by atoms with Crippen molar-refractivity contribution < 1.29 is 4.42 Å². The lowest BCUT2D eigenvalue weighted by Gasteiger charge is -2.13. The zero-order valence-electron chi connectivity index (χ0n) is 35.9. The minimum atomic E-state index is 0.486.